The molecule has 8 heteroatoms. The number of ether oxygens (including phenoxy) is 2. The van der Waals surface area contributed by atoms with Gasteiger partial charge < -0.3 is 19.7 Å². The van der Waals surface area contributed by atoms with Crippen LogP contribution < -0.4 is 14.8 Å². The first-order valence-electron chi connectivity index (χ1n) is 12.0. The summed E-state index contributed by atoms with van der Waals surface area (Å²) in [6.45, 7) is -0.0930. The number of carbonyl (C=O) groups excluding carboxylic acids is 2. The molecule has 0 bridgehead atoms. The fraction of sp³-hybridized carbons (Fsp3) is 0.133. The summed E-state index contributed by atoms with van der Waals surface area (Å²) < 4.78 is 39.3. The van der Waals surface area contributed by atoms with Crippen LogP contribution in [-0.2, 0) is 22.6 Å². The van der Waals surface area contributed by atoms with E-state index >= 15 is 0 Å². The number of nitrogens with one attached hydrogen (secondary N) is 1. The molecule has 2 amide bonds. The largest absolute Gasteiger partial charge is 0.454 e. The van der Waals surface area contributed by atoms with Crippen LogP contribution in [0.4, 0.5) is 14.5 Å². The average Bonchev–Trinajstić information content (AvgIpc) is 3.39. The molecule has 1 aliphatic heterocycles. The van der Waals surface area contributed by atoms with E-state index in [1.165, 1.54) is 35.2 Å². The summed E-state index contributed by atoms with van der Waals surface area (Å²) in [6, 6.07) is 24.3. The van der Waals surface area contributed by atoms with E-state index in [-0.39, 0.29) is 25.3 Å². The maximum Gasteiger partial charge on any atom is 0.251 e. The van der Waals surface area contributed by atoms with Gasteiger partial charge in [0.2, 0.25) is 12.7 Å². The molecule has 1 aliphatic rings. The van der Waals surface area contributed by atoms with Crippen LogP contribution in [0.2, 0.25) is 0 Å². The summed E-state index contributed by atoms with van der Waals surface area (Å²) in [7, 11) is 0. The molecular weight excluding hydrogens is 490 g/mol. The molecule has 0 saturated carbocycles. The van der Waals surface area contributed by atoms with Crippen molar-refractivity contribution >= 4 is 17.5 Å². The quantitative estimate of drug-likeness (QED) is 0.330. The minimum absolute atomic E-state index is 0.00963. The number of nitrogens with zero attached hydrogens (tertiary/aromatic N) is 1. The van der Waals surface area contributed by atoms with Gasteiger partial charge in [0, 0.05) is 23.9 Å². The lowest BCUT2D eigenvalue weighted by molar-refractivity contribution is -0.139. The van der Waals surface area contributed by atoms with Gasteiger partial charge in [-0.15, -0.1) is 0 Å². The number of benzene rings is 4. The van der Waals surface area contributed by atoms with Gasteiger partial charge in [0.05, 0.1) is 6.42 Å². The second-order valence-electron chi connectivity index (χ2n) is 8.79. The molecule has 6 nitrogen and oxygen atoms in total. The van der Waals surface area contributed by atoms with Crippen molar-refractivity contribution in [3.63, 3.8) is 0 Å². The first-order chi connectivity index (χ1) is 18.5. The standard InChI is InChI=1S/C30H24F2N2O4/c31-23-12-10-21(11-13-23)29(30(36)33-24-14-15-26-27(17-24)38-19-37-26)34(18-22-8-4-5-9-25(22)32)28(35)16-20-6-2-1-3-7-20/h1-15,17,29H,16,18-19H2,(H,33,36). The number of hydrogen-bond acceptors (Lipinski definition) is 4. The number of rotatable bonds is 8. The third-order valence-corrected chi connectivity index (χ3v) is 6.20. The molecule has 1 N–H and O–H groups in total. The highest BCUT2D eigenvalue weighted by Crippen LogP contribution is 2.35. The monoisotopic (exact) mass is 514 g/mol. The van der Waals surface area contributed by atoms with Crippen LogP contribution in [0.25, 0.3) is 0 Å². The van der Waals surface area contributed by atoms with Crippen molar-refractivity contribution in [1.82, 2.24) is 4.90 Å². The lowest BCUT2D eigenvalue weighted by atomic mass is 10.0. The Bertz CT molecular complexity index is 1440. The van der Waals surface area contributed by atoms with Gasteiger partial charge in [-0.05, 0) is 41.5 Å². The maximum atomic E-state index is 14.7. The second kappa shape index (κ2) is 11.1. The minimum atomic E-state index is -1.18. The molecule has 5 rings (SSSR count). The summed E-state index contributed by atoms with van der Waals surface area (Å²) >= 11 is 0. The van der Waals surface area contributed by atoms with Crippen molar-refractivity contribution in [2.45, 2.75) is 19.0 Å². The smallest absolute Gasteiger partial charge is 0.251 e. The van der Waals surface area contributed by atoms with E-state index in [1.807, 2.05) is 18.2 Å². The van der Waals surface area contributed by atoms with Crippen LogP contribution in [0.1, 0.15) is 22.7 Å². The Kier molecular flexibility index (Phi) is 7.31. The summed E-state index contributed by atoms with van der Waals surface area (Å²) in [5.74, 6) is -0.899. The van der Waals surface area contributed by atoms with E-state index in [9.17, 15) is 18.4 Å². The first-order valence-corrected chi connectivity index (χ1v) is 12.0. The predicted octanol–water partition coefficient (Wildman–Crippen LogP) is 5.64. The predicted molar refractivity (Wildman–Crippen MR) is 137 cm³/mol. The van der Waals surface area contributed by atoms with E-state index in [4.69, 9.17) is 9.47 Å². The Morgan fingerprint density at radius 2 is 1.55 bits per heavy atom. The van der Waals surface area contributed by atoms with Crippen LogP contribution in [-0.4, -0.2) is 23.5 Å². The molecule has 38 heavy (non-hydrogen) atoms. The average molecular weight is 515 g/mol. The number of hydrogen-bond donors (Lipinski definition) is 1. The van der Waals surface area contributed by atoms with Gasteiger partial charge in [-0.25, -0.2) is 8.78 Å². The van der Waals surface area contributed by atoms with E-state index in [1.54, 1.807) is 48.5 Å². The molecule has 4 aromatic rings. The molecule has 0 aliphatic carbocycles. The lowest BCUT2D eigenvalue weighted by Crippen LogP contribution is -2.41. The number of anilines is 1. The highest BCUT2D eigenvalue weighted by Gasteiger charge is 2.32. The van der Waals surface area contributed by atoms with Crippen LogP contribution in [0, 0.1) is 11.6 Å². The number of amides is 2. The van der Waals surface area contributed by atoms with E-state index in [2.05, 4.69) is 5.32 Å². The fourth-order valence-electron chi connectivity index (χ4n) is 4.31. The third kappa shape index (κ3) is 5.64. The van der Waals surface area contributed by atoms with Gasteiger partial charge >= 0.3 is 0 Å². The molecule has 0 spiro atoms. The van der Waals surface area contributed by atoms with Crippen LogP contribution >= 0.6 is 0 Å². The molecule has 0 fully saturated rings. The Morgan fingerprint density at radius 1 is 0.842 bits per heavy atom. The molecule has 1 unspecified atom stereocenters. The van der Waals surface area contributed by atoms with Gasteiger partial charge in [-0.1, -0.05) is 60.7 Å². The molecule has 4 aromatic carbocycles. The van der Waals surface area contributed by atoms with Crippen LogP contribution in [0.15, 0.2) is 97.1 Å². The zero-order valence-electron chi connectivity index (χ0n) is 20.3. The summed E-state index contributed by atoms with van der Waals surface area (Å²) in [5, 5.41) is 2.83. The van der Waals surface area contributed by atoms with Gasteiger partial charge in [0.1, 0.15) is 17.7 Å². The van der Waals surface area contributed by atoms with Gasteiger partial charge in [-0.2, -0.15) is 0 Å². The van der Waals surface area contributed by atoms with E-state index in [0.29, 0.717) is 22.7 Å². The molecular formula is C30H24F2N2O4. The Hall–Kier alpha value is -4.72. The van der Waals surface area contributed by atoms with Crippen LogP contribution in [0.3, 0.4) is 0 Å². The highest BCUT2D eigenvalue weighted by molar-refractivity contribution is 5.98. The van der Waals surface area contributed by atoms with E-state index in [0.717, 1.165) is 5.56 Å². The van der Waals surface area contributed by atoms with Gasteiger partial charge in [-0.3, -0.25) is 9.59 Å². The number of fused-ring (bicyclic) bond motifs is 1. The van der Waals surface area contributed by atoms with Gasteiger partial charge in [0.25, 0.3) is 5.91 Å². The molecule has 0 radical (unpaired) electrons. The van der Waals surface area contributed by atoms with Crippen molar-refractivity contribution < 1.29 is 27.8 Å². The second-order valence-corrected chi connectivity index (χ2v) is 8.79. The summed E-state index contributed by atoms with van der Waals surface area (Å²) in [5.41, 5.74) is 1.79. The van der Waals surface area contributed by atoms with E-state index < -0.39 is 29.5 Å². The molecule has 1 atom stereocenters. The topological polar surface area (TPSA) is 67.9 Å². The van der Waals surface area contributed by atoms with Crippen molar-refractivity contribution in [2.24, 2.45) is 0 Å². The lowest BCUT2D eigenvalue weighted by Gasteiger charge is -2.32. The number of halogens is 2. The first kappa shape index (κ1) is 25.0. The number of carbonyl (C=O) groups is 2. The van der Waals surface area contributed by atoms with Gasteiger partial charge in [0.15, 0.2) is 11.5 Å². The SMILES string of the molecule is O=C(Nc1ccc2c(c1)OCO2)C(c1ccc(F)cc1)N(Cc1ccccc1F)C(=O)Cc1ccccc1. The summed E-state index contributed by atoms with van der Waals surface area (Å²) in [4.78, 5) is 28.9. The van der Waals surface area contributed by atoms with Crippen molar-refractivity contribution in [3.05, 3.63) is 125 Å². The van der Waals surface area contributed by atoms with Crippen molar-refractivity contribution in [3.8, 4) is 11.5 Å². The van der Waals surface area contributed by atoms with Crippen molar-refractivity contribution in [1.29, 1.82) is 0 Å². The Morgan fingerprint density at radius 3 is 2.32 bits per heavy atom. The minimum Gasteiger partial charge on any atom is -0.454 e. The zero-order chi connectivity index (χ0) is 26.5. The van der Waals surface area contributed by atoms with Crippen LogP contribution in [0.5, 0.6) is 11.5 Å². The maximum absolute atomic E-state index is 14.7. The van der Waals surface area contributed by atoms with Crippen molar-refractivity contribution in [2.75, 3.05) is 12.1 Å². The third-order valence-electron chi connectivity index (χ3n) is 6.20. The Balaban J connectivity index is 1.53. The fourth-order valence-corrected chi connectivity index (χ4v) is 4.31. The molecule has 0 aromatic heterocycles. The molecule has 0 saturated heterocycles. The zero-order valence-corrected chi connectivity index (χ0v) is 20.3. The highest BCUT2D eigenvalue weighted by atomic mass is 19.1. The Labute approximate surface area is 218 Å². The molecule has 1 heterocycles. The normalized spacial score (nSPS) is 12.6. The summed E-state index contributed by atoms with van der Waals surface area (Å²) in [6.07, 6.45) is -0.00963. The molecule has 192 valence electrons.